The van der Waals surface area contributed by atoms with Gasteiger partial charge in [0.05, 0.1) is 4.92 Å². The molecule has 1 rings (SSSR count). The van der Waals surface area contributed by atoms with Gasteiger partial charge in [-0.3, -0.25) is 14.9 Å². The summed E-state index contributed by atoms with van der Waals surface area (Å²) < 4.78 is 13.2. The van der Waals surface area contributed by atoms with Gasteiger partial charge < -0.3 is 4.90 Å². The van der Waals surface area contributed by atoms with Crippen LogP contribution in [-0.4, -0.2) is 29.3 Å². The van der Waals surface area contributed by atoms with Crippen molar-refractivity contribution in [2.24, 2.45) is 0 Å². The smallest absolute Gasteiger partial charge is 0.305 e. The molecule has 0 aliphatic carbocycles. The molecule has 0 N–H and O–H groups in total. The number of unbranched alkanes of at least 4 members (excludes halogenated alkanes) is 2. The third kappa shape index (κ3) is 4.01. The number of rotatable bonds is 6. The van der Waals surface area contributed by atoms with Gasteiger partial charge in [0.15, 0.2) is 0 Å². The van der Waals surface area contributed by atoms with Gasteiger partial charge in [-0.1, -0.05) is 19.8 Å². The summed E-state index contributed by atoms with van der Waals surface area (Å²) in [7, 11) is 1.63. The summed E-state index contributed by atoms with van der Waals surface area (Å²) in [4.78, 5) is 23.3. The number of carbonyl (C=O) groups excluding carboxylic acids is 1. The van der Waals surface area contributed by atoms with Crippen molar-refractivity contribution in [3.63, 3.8) is 0 Å². The number of halogens is 1. The number of carbonyl (C=O) groups is 1. The van der Waals surface area contributed by atoms with Gasteiger partial charge in [-0.25, -0.2) is 0 Å². The molecular weight excluding hydrogens is 251 g/mol. The van der Waals surface area contributed by atoms with E-state index in [1.165, 1.54) is 11.0 Å². The Kier molecular flexibility index (Phi) is 5.41. The summed E-state index contributed by atoms with van der Waals surface area (Å²) in [5, 5.41) is 10.6. The van der Waals surface area contributed by atoms with Crippen LogP contribution >= 0.6 is 0 Å². The van der Waals surface area contributed by atoms with E-state index < -0.39 is 16.4 Å². The van der Waals surface area contributed by atoms with Crippen molar-refractivity contribution in [3.8, 4) is 0 Å². The van der Waals surface area contributed by atoms with Crippen LogP contribution in [0, 0.1) is 15.9 Å². The van der Waals surface area contributed by atoms with E-state index in [-0.39, 0.29) is 11.5 Å². The van der Waals surface area contributed by atoms with Crippen molar-refractivity contribution in [2.75, 3.05) is 13.6 Å². The minimum atomic E-state index is -0.935. The molecule has 5 nitrogen and oxygen atoms in total. The maximum atomic E-state index is 13.2. The van der Waals surface area contributed by atoms with Crippen LogP contribution in [0.3, 0.4) is 0 Å². The largest absolute Gasteiger partial charge is 0.342 e. The molecule has 0 unspecified atom stereocenters. The fourth-order valence-corrected chi connectivity index (χ4v) is 1.71. The van der Waals surface area contributed by atoms with E-state index in [9.17, 15) is 19.3 Å². The van der Waals surface area contributed by atoms with Gasteiger partial charge in [-0.2, -0.15) is 4.39 Å². The highest BCUT2D eigenvalue weighted by Crippen LogP contribution is 2.19. The summed E-state index contributed by atoms with van der Waals surface area (Å²) in [5.74, 6) is -1.27. The summed E-state index contributed by atoms with van der Waals surface area (Å²) in [6, 6.07) is 3.19. The van der Waals surface area contributed by atoms with E-state index in [0.717, 1.165) is 31.4 Å². The van der Waals surface area contributed by atoms with E-state index in [2.05, 4.69) is 6.92 Å². The van der Waals surface area contributed by atoms with Crippen LogP contribution in [0.2, 0.25) is 0 Å². The molecule has 0 atom stereocenters. The second-order valence-corrected chi connectivity index (χ2v) is 4.36. The average molecular weight is 268 g/mol. The lowest BCUT2D eigenvalue weighted by atomic mass is 10.1. The van der Waals surface area contributed by atoms with Crippen molar-refractivity contribution in [1.82, 2.24) is 4.90 Å². The number of hydrogen-bond acceptors (Lipinski definition) is 3. The molecule has 0 saturated carbocycles. The number of nitro benzene ring substituents is 1. The highest BCUT2D eigenvalue weighted by molar-refractivity contribution is 5.94. The Balaban J connectivity index is 2.82. The molecule has 0 spiro atoms. The Morgan fingerprint density at radius 1 is 1.42 bits per heavy atom. The van der Waals surface area contributed by atoms with E-state index in [0.29, 0.717) is 6.54 Å². The van der Waals surface area contributed by atoms with Crippen molar-refractivity contribution >= 4 is 11.6 Å². The first-order valence-corrected chi connectivity index (χ1v) is 6.16. The fraction of sp³-hybridized carbons (Fsp3) is 0.462. The van der Waals surface area contributed by atoms with Gasteiger partial charge in [-0.15, -0.1) is 0 Å². The zero-order chi connectivity index (χ0) is 14.4. The van der Waals surface area contributed by atoms with Gasteiger partial charge >= 0.3 is 5.69 Å². The Morgan fingerprint density at radius 2 is 2.11 bits per heavy atom. The minimum Gasteiger partial charge on any atom is -0.342 e. The molecule has 19 heavy (non-hydrogen) atoms. The second kappa shape index (κ2) is 6.82. The molecule has 0 heterocycles. The minimum absolute atomic E-state index is 0.132. The zero-order valence-electron chi connectivity index (χ0n) is 11.1. The predicted molar refractivity (Wildman–Crippen MR) is 69.5 cm³/mol. The standard InChI is InChI=1S/C13H17FN2O3/c1-3-4-5-8-15(2)13(17)10-6-7-11(14)12(9-10)16(18)19/h6-7,9H,3-5,8H2,1-2H3. The molecule has 0 saturated heterocycles. The first-order valence-electron chi connectivity index (χ1n) is 6.16. The lowest BCUT2D eigenvalue weighted by molar-refractivity contribution is -0.387. The zero-order valence-corrected chi connectivity index (χ0v) is 11.1. The fourth-order valence-electron chi connectivity index (χ4n) is 1.71. The number of nitrogens with zero attached hydrogens (tertiary/aromatic N) is 2. The van der Waals surface area contributed by atoms with E-state index in [1.54, 1.807) is 7.05 Å². The topological polar surface area (TPSA) is 63.5 Å². The molecule has 0 aliphatic rings. The van der Waals surface area contributed by atoms with E-state index in [1.807, 2.05) is 0 Å². The quantitative estimate of drug-likeness (QED) is 0.452. The molecule has 0 fully saturated rings. The molecule has 6 heteroatoms. The molecule has 0 radical (unpaired) electrons. The highest BCUT2D eigenvalue weighted by atomic mass is 19.1. The Bertz CT molecular complexity index is 477. The summed E-state index contributed by atoms with van der Waals surface area (Å²) >= 11 is 0. The van der Waals surface area contributed by atoms with Crippen LogP contribution in [0.1, 0.15) is 36.5 Å². The summed E-state index contributed by atoms with van der Waals surface area (Å²) in [6.07, 6.45) is 2.94. The maximum absolute atomic E-state index is 13.2. The van der Waals surface area contributed by atoms with Gasteiger partial charge in [0.1, 0.15) is 0 Å². The first-order chi connectivity index (χ1) is 8.97. The van der Waals surface area contributed by atoms with Crippen LogP contribution < -0.4 is 0 Å². The Labute approximate surface area is 111 Å². The molecule has 0 aliphatic heterocycles. The monoisotopic (exact) mass is 268 g/mol. The van der Waals surface area contributed by atoms with E-state index in [4.69, 9.17) is 0 Å². The van der Waals surface area contributed by atoms with Gasteiger partial charge in [0.25, 0.3) is 5.91 Å². The Morgan fingerprint density at radius 3 is 2.68 bits per heavy atom. The number of hydrogen-bond donors (Lipinski definition) is 0. The predicted octanol–water partition coefficient (Wildman–Crippen LogP) is 3.00. The molecular formula is C13H17FN2O3. The molecule has 0 aromatic heterocycles. The third-order valence-corrected chi connectivity index (χ3v) is 2.83. The van der Waals surface area contributed by atoms with Crippen LogP contribution in [0.5, 0.6) is 0 Å². The molecule has 1 aromatic rings. The summed E-state index contributed by atoms with van der Waals surface area (Å²) in [6.45, 7) is 2.64. The van der Waals surface area contributed by atoms with Crippen LogP contribution in [-0.2, 0) is 0 Å². The first kappa shape index (κ1) is 15.1. The highest BCUT2D eigenvalue weighted by Gasteiger charge is 2.19. The number of amides is 1. The third-order valence-electron chi connectivity index (χ3n) is 2.83. The second-order valence-electron chi connectivity index (χ2n) is 4.36. The van der Waals surface area contributed by atoms with Crippen molar-refractivity contribution in [3.05, 3.63) is 39.7 Å². The maximum Gasteiger partial charge on any atom is 0.305 e. The number of benzene rings is 1. The normalized spacial score (nSPS) is 10.3. The van der Waals surface area contributed by atoms with Crippen LogP contribution in [0.15, 0.2) is 18.2 Å². The SMILES string of the molecule is CCCCCN(C)C(=O)c1ccc(F)c([N+](=O)[O-])c1. The lowest BCUT2D eigenvalue weighted by Gasteiger charge is -2.16. The van der Waals surface area contributed by atoms with Crippen molar-refractivity contribution in [2.45, 2.75) is 26.2 Å². The Hall–Kier alpha value is -1.98. The van der Waals surface area contributed by atoms with Gasteiger partial charge in [-0.05, 0) is 18.6 Å². The van der Waals surface area contributed by atoms with Crippen molar-refractivity contribution in [1.29, 1.82) is 0 Å². The van der Waals surface area contributed by atoms with Gasteiger partial charge in [0, 0.05) is 25.2 Å². The molecule has 1 amide bonds. The lowest BCUT2D eigenvalue weighted by Crippen LogP contribution is -2.27. The van der Waals surface area contributed by atoms with E-state index >= 15 is 0 Å². The van der Waals surface area contributed by atoms with Crippen molar-refractivity contribution < 1.29 is 14.1 Å². The number of nitro groups is 1. The molecule has 0 bridgehead atoms. The summed E-state index contributed by atoms with van der Waals surface area (Å²) in [5.41, 5.74) is -0.542. The molecule has 104 valence electrons. The molecule has 1 aromatic carbocycles. The average Bonchev–Trinajstić information content (AvgIpc) is 2.38. The van der Waals surface area contributed by atoms with Crippen LogP contribution in [0.25, 0.3) is 0 Å². The van der Waals surface area contributed by atoms with Crippen LogP contribution in [0.4, 0.5) is 10.1 Å². The van der Waals surface area contributed by atoms with Gasteiger partial charge in [0.2, 0.25) is 5.82 Å².